The molecular formula is C15H29N3O. The van der Waals surface area contributed by atoms with Gasteiger partial charge in [-0.2, -0.15) is 0 Å². The summed E-state index contributed by atoms with van der Waals surface area (Å²) in [7, 11) is 0. The molecule has 4 nitrogen and oxygen atoms in total. The van der Waals surface area contributed by atoms with Gasteiger partial charge in [0.15, 0.2) is 0 Å². The number of rotatable bonds is 4. The molecule has 1 aliphatic heterocycles. The van der Waals surface area contributed by atoms with Crippen LogP contribution in [0.4, 0.5) is 0 Å². The zero-order chi connectivity index (χ0) is 13.8. The molecule has 110 valence electrons. The zero-order valence-electron chi connectivity index (χ0n) is 12.4. The Labute approximate surface area is 117 Å². The van der Waals surface area contributed by atoms with Gasteiger partial charge in [-0.25, -0.2) is 0 Å². The highest BCUT2D eigenvalue weighted by Crippen LogP contribution is 2.28. The van der Waals surface area contributed by atoms with E-state index in [9.17, 15) is 4.79 Å². The van der Waals surface area contributed by atoms with Gasteiger partial charge in [-0.05, 0) is 58.0 Å². The van der Waals surface area contributed by atoms with Gasteiger partial charge in [0.1, 0.15) is 0 Å². The molecule has 1 saturated heterocycles. The van der Waals surface area contributed by atoms with E-state index < -0.39 is 0 Å². The molecule has 4 heteroatoms. The van der Waals surface area contributed by atoms with Crippen molar-refractivity contribution >= 4 is 5.91 Å². The fraction of sp³-hybridized carbons (Fsp3) is 0.933. The van der Waals surface area contributed by atoms with Gasteiger partial charge in [0.2, 0.25) is 5.91 Å². The van der Waals surface area contributed by atoms with Crippen LogP contribution >= 0.6 is 0 Å². The Morgan fingerprint density at radius 1 is 1.37 bits per heavy atom. The lowest BCUT2D eigenvalue weighted by atomic mass is 9.79. The van der Waals surface area contributed by atoms with Crippen molar-refractivity contribution in [1.82, 2.24) is 10.2 Å². The van der Waals surface area contributed by atoms with Gasteiger partial charge >= 0.3 is 0 Å². The van der Waals surface area contributed by atoms with Crippen molar-refractivity contribution in [2.75, 3.05) is 19.6 Å². The molecule has 4 atom stereocenters. The predicted octanol–water partition coefficient (Wildman–Crippen LogP) is 1.35. The van der Waals surface area contributed by atoms with Crippen LogP contribution in [0.15, 0.2) is 0 Å². The van der Waals surface area contributed by atoms with Crippen LogP contribution in [0.5, 0.6) is 0 Å². The van der Waals surface area contributed by atoms with Gasteiger partial charge in [0.05, 0.1) is 0 Å². The van der Waals surface area contributed by atoms with Crippen LogP contribution in [-0.4, -0.2) is 42.5 Å². The van der Waals surface area contributed by atoms with Gasteiger partial charge in [-0.15, -0.1) is 0 Å². The number of hydrogen-bond acceptors (Lipinski definition) is 3. The summed E-state index contributed by atoms with van der Waals surface area (Å²) >= 11 is 0. The Balaban J connectivity index is 1.71. The van der Waals surface area contributed by atoms with E-state index in [0.717, 1.165) is 25.8 Å². The Bertz CT molecular complexity index is 302. The van der Waals surface area contributed by atoms with E-state index in [1.807, 2.05) is 0 Å². The third kappa shape index (κ3) is 3.93. The molecule has 2 fully saturated rings. The van der Waals surface area contributed by atoms with E-state index in [1.165, 1.54) is 25.9 Å². The number of carbonyl (C=O) groups excluding carboxylic acids is 1. The lowest BCUT2D eigenvalue weighted by molar-refractivity contribution is -0.126. The second kappa shape index (κ2) is 6.71. The monoisotopic (exact) mass is 267 g/mol. The van der Waals surface area contributed by atoms with E-state index >= 15 is 0 Å². The molecule has 1 heterocycles. The third-order valence-electron chi connectivity index (χ3n) is 4.94. The summed E-state index contributed by atoms with van der Waals surface area (Å²) in [5, 5.41) is 3.14. The number of amides is 1. The maximum absolute atomic E-state index is 12.2. The molecule has 3 N–H and O–H groups in total. The number of nitrogens with two attached hydrogens (primary N) is 1. The second-order valence-corrected chi connectivity index (χ2v) is 6.49. The fourth-order valence-corrected chi connectivity index (χ4v) is 3.36. The highest BCUT2D eigenvalue weighted by Gasteiger charge is 2.29. The summed E-state index contributed by atoms with van der Waals surface area (Å²) in [6, 6.07) is 0.752. The summed E-state index contributed by atoms with van der Waals surface area (Å²) in [5.41, 5.74) is 6.01. The third-order valence-corrected chi connectivity index (χ3v) is 4.94. The topological polar surface area (TPSA) is 58.4 Å². The highest BCUT2D eigenvalue weighted by atomic mass is 16.1. The van der Waals surface area contributed by atoms with Gasteiger partial charge in [-0.1, -0.05) is 6.92 Å². The molecule has 1 amide bonds. The Kier molecular flexibility index (Phi) is 5.22. The maximum atomic E-state index is 12.2. The van der Waals surface area contributed by atoms with E-state index in [1.54, 1.807) is 0 Å². The van der Waals surface area contributed by atoms with Gasteiger partial charge in [0, 0.05) is 24.5 Å². The second-order valence-electron chi connectivity index (χ2n) is 6.49. The number of hydrogen-bond donors (Lipinski definition) is 2. The summed E-state index contributed by atoms with van der Waals surface area (Å²) < 4.78 is 0. The first-order chi connectivity index (χ1) is 9.08. The van der Waals surface area contributed by atoms with Crippen LogP contribution in [0.2, 0.25) is 0 Å². The SMILES string of the molecule is CC1CC(C(=O)NCC(C)N2CCCC2)CCC1N. The standard InChI is InChI=1S/C15H29N3O/c1-11-9-13(5-6-14(11)16)15(19)17-10-12(2)18-7-3-4-8-18/h11-14H,3-10,16H2,1-2H3,(H,17,19). The lowest BCUT2D eigenvalue weighted by Crippen LogP contribution is -2.45. The van der Waals surface area contributed by atoms with Crippen LogP contribution in [0.3, 0.4) is 0 Å². The number of likely N-dealkylation sites (tertiary alicyclic amines) is 1. The molecule has 2 rings (SSSR count). The maximum Gasteiger partial charge on any atom is 0.223 e. The first-order valence-corrected chi connectivity index (χ1v) is 7.85. The lowest BCUT2D eigenvalue weighted by Gasteiger charge is -2.31. The first-order valence-electron chi connectivity index (χ1n) is 7.85. The molecule has 2 aliphatic rings. The number of nitrogens with zero attached hydrogens (tertiary/aromatic N) is 1. The minimum atomic E-state index is 0.181. The molecule has 19 heavy (non-hydrogen) atoms. The Morgan fingerprint density at radius 3 is 2.68 bits per heavy atom. The summed E-state index contributed by atoms with van der Waals surface area (Å²) in [6.45, 7) is 7.54. The van der Waals surface area contributed by atoms with Crippen molar-refractivity contribution in [2.24, 2.45) is 17.6 Å². The van der Waals surface area contributed by atoms with Gasteiger partial charge in [0.25, 0.3) is 0 Å². The smallest absolute Gasteiger partial charge is 0.223 e. The van der Waals surface area contributed by atoms with Crippen LogP contribution in [0, 0.1) is 11.8 Å². The van der Waals surface area contributed by atoms with Crippen molar-refractivity contribution < 1.29 is 4.79 Å². The van der Waals surface area contributed by atoms with Crippen LogP contribution in [-0.2, 0) is 4.79 Å². The van der Waals surface area contributed by atoms with E-state index in [0.29, 0.717) is 12.0 Å². The average Bonchev–Trinajstić information content (AvgIpc) is 2.92. The van der Waals surface area contributed by atoms with E-state index in [2.05, 4.69) is 24.1 Å². The molecule has 4 unspecified atom stereocenters. The minimum absolute atomic E-state index is 0.181. The summed E-state index contributed by atoms with van der Waals surface area (Å²) in [6.07, 6.45) is 5.49. The van der Waals surface area contributed by atoms with E-state index in [4.69, 9.17) is 5.73 Å². The molecule has 0 aromatic rings. The van der Waals surface area contributed by atoms with Crippen molar-refractivity contribution in [3.8, 4) is 0 Å². The highest BCUT2D eigenvalue weighted by molar-refractivity contribution is 5.78. The molecule has 0 bridgehead atoms. The molecule has 1 aliphatic carbocycles. The fourth-order valence-electron chi connectivity index (χ4n) is 3.36. The largest absolute Gasteiger partial charge is 0.354 e. The molecule has 0 radical (unpaired) electrons. The Hall–Kier alpha value is -0.610. The molecular weight excluding hydrogens is 238 g/mol. The molecule has 0 spiro atoms. The number of nitrogens with one attached hydrogen (secondary N) is 1. The molecule has 0 aromatic heterocycles. The molecule has 0 aromatic carbocycles. The van der Waals surface area contributed by atoms with Crippen LogP contribution < -0.4 is 11.1 Å². The van der Waals surface area contributed by atoms with Crippen LogP contribution in [0.1, 0.15) is 46.0 Å². The predicted molar refractivity (Wildman–Crippen MR) is 77.8 cm³/mol. The quantitative estimate of drug-likeness (QED) is 0.808. The zero-order valence-corrected chi connectivity index (χ0v) is 12.4. The van der Waals surface area contributed by atoms with Gasteiger partial charge < -0.3 is 11.1 Å². The van der Waals surface area contributed by atoms with Crippen molar-refractivity contribution in [3.05, 3.63) is 0 Å². The number of carbonyl (C=O) groups is 1. The van der Waals surface area contributed by atoms with Crippen molar-refractivity contribution in [2.45, 2.75) is 58.0 Å². The normalized spacial score (nSPS) is 34.2. The average molecular weight is 267 g/mol. The van der Waals surface area contributed by atoms with Crippen molar-refractivity contribution in [3.63, 3.8) is 0 Å². The van der Waals surface area contributed by atoms with Gasteiger partial charge in [-0.3, -0.25) is 9.69 Å². The first kappa shape index (κ1) is 14.8. The summed E-state index contributed by atoms with van der Waals surface area (Å²) in [4.78, 5) is 14.7. The van der Waals surface area contributed by atoms with Crippen LogP contribution in [0.25, 0.3) is 0 Å². The Morgan fingerprint density at radius 2 is 2.05 bits per heavy atom. The van der Waals surface area contributed by atoms with Crippen molar-refractivity contribution in [1.29, 1.82) is 0 Å². The van der Waals surface area contributed by atoms with E-state index in [-0.39, 0.29) is 17.9 Å². The minimum Gasteiger partial charge on any atom is -0.354 e. The summed E-state index contributed by atoms with van der Waals surface area (Å²) in [5.74, 6) is 0.894. The molecule has 1 saturated carbocycles.